The molecule has 5 nitrogen and oxygen atoms in total. The fourth-order valence-electron chi connectivity index (χ4n) is 2.41. The maximum atomic E-state index is 13.9. The Morgan fingerprint density at radius 3 is 2.30 bits per heavy atom. The van der Waals surface area contributed by atoms with E-state index in [2.05, 4.69) is 5.32 Å². The summed E-state index contributed by atoms with van der Waals surface area (Å²) in [5, 5.41) is 2.63. The number of anilines is 2. The average molecular weight is 380 g/mol. The first kappa shape index (κ1) is 20.3. The number of halogens is 3. The van der Waals surface area contributed by atoms with E-state index in [1.54, 1.807) is 24.3 Å². The minimum Gasteiger partial charge on any atom is -0.494 e. The highest BCUT2D eigenvalue weighted by molar-refractivity contribution is 5.94. The van der Waals surface area contributed by atoms with Gasteiger partial charge < -0.3 is 15.0 Å². The van der Waals surface area contributed by atoms with Gasteiger partial charge >= 0.3 is 0 Å². The molecule has 1 N–H and O–H groups in total. The van der Waals surface area contributed by atoms with Crippen molar-refractivity contribution in [1.82, 2.24) is 0 Å². The van der Waals surface area contributed by atoms with Gasteiger partial charge in [-0.15, -0.1) is 0 Å². The number of nitrogens with one attached hydrogen (secondary N) is 1. The van der Waals surface area contributed by atoms with E-state index < -0.39 is 35.0 Å². The van der Waals surface area contributed by atoms with Crippen LogP contribution in [0.2, 0.25) is 0 Å². The lowest BCUT2D eigenvalue weighted by Crippen LogP contribution is -2.33. The Morgan fingerprint density at radius 1 is 1.04 bits per heavy atom. The van der Waals surface area contributed by atoms with Crippen LogP contribution in [-0.4, -0.2) is 25.0 Å². The lowest BCUT2D eigenvalue weighted by molar-refractivity contribution is -0.117. The van der Waals surface area contributed by atoms with Crippen LogP contribution in [0.3, 0.4) is 0 Å². The number of hydrogen-bond acceptors (Lipinski definition) is 3. The van der Waals surface area contributed by atoms with E-state index in [0.717, 1.165) is 24.0 Å². The van der Waals surface area contributed by atoms with Gasteiger partial charge in [0.1, 0.15) is 5.75 Å². The summed E-state index contributed by atoms with van der Waals surface area (Å²) in [6.07, 6.45) is -0.161. The van der Waals surface area contributed by atoms with Gasteiger partial charge in [-0.05, 0) is 43.3 Å². The van der Waals surface area contributed by atoms with Gasteiger partial charge in [-0.3, -0.25) is 9.59 Å². The summed E-state index contributed by atoms with van der Waals surface area (Å²) < 4.78 is 45.7. The molecule has 2 amide bonds. The van der Waals surface area contributed by atoms with Gasteiger partial charge in [-0.1, -0.05) is 0 Å². The molecule has 2 rings (SSSR count). The maximum absolute atomic E-state index is 13.9. The monoisotopic (exact) mass is 380 g/mol. The molecule has 0 aromatic heterocycles. The van der Waals surface area contributed by atoms with E-state index in [0.29, 0.717) is 18.0 Å². The van der Waals surface area contributed by atoms with Gasteiger partial charge in [0.2, 0.25) is 11.8 Å². The van der Waals surface area contributed by atoms with Gasteiger partial charge in [0.25, 0.3) is 0 Å². The van der Waals surface area contributed by atoms with Crippen LogP contribution in [0.25, 0.3) is 0 Å². The van der Waals surface area contributed by atoms with Crippen molar-refractivity contribution in [3.8, 4) is 5.75 Å². The average Bonchev–Trinajstić information content (AvgIpc) is 2.63. The molecule has 2 aromatic rings. The van der Waals surface area contributed by atoms with Crippen LogP contribution in [0.1, 0.15) is 20.3 Å². The first-order chi connectivity index (χ1) is 12.8. The third-order valence-corrected chi connectivity index (χ3v) is 3.70. The fourth-order valence-corrected chi connectivity index (χ4v) is 2.41. The van der Waals surface area contributed by atoms with Crippen LogP contribution in [0, 0.1) is 17.5 Å². The molecule has 0 saturated heterocycles. The van der Waals surface area contributed by atoms with Crippen molar-refractivity contribution in [2.24, 2.45) is 0 Å². The minimum atomic E-state index is -1.67. The van der Waals surface area contributed by atoms with Gasteiger partial charge in [-0.2, -0.15) is 0 Å². The van der Waals surface area contributed by atoms with E-state index in [4.69, 9.17) is 4.74 Å². The molecule has 0 unspecified atom stereocenters. The predicted molar refractivity (Wildman–Crippen MR) is 95.2 cm³/mol. The van der Waals surface area contributed by atoms with Crippen LogP contribution >= 0.6 is 0 Å². The Bertz CT molecular complexity index is 826. The largest absolute Gasteiger partial charge is 0.494 e. The lowest BCUT2D eigenvalue weighted by atomic mass is 10.2. The van der Waals surface area contributed by atoms with E-state index in [-0.39, 0.29) is 13.0 Å². The molecule has 0 aliphatic rings. The van der Waals surface area contributed by atoms with Crippen LogP contribution < -0.4 is 15.0 Å². The number of benzene rings is 2. The van der Waals surface area contributed by atoms with Crippen molar-refractivity contribution in [1.29, 1.82) is 0 Å². The number of amides is 2. The second kappa shape index (κ2) is 9.07. The van der Waals surface area contributed by atoms with Crippen LogP contribution in [-0.2, 0) is 9.59 Å². The number of ether oxygens (including phenoxy) is 1. The molecule has 27 heavy (non-hydrogen) atoms. The van der Waals surface area contributed by atoms with E-state index in [1.165, 1.54) is 0 Å². The Balaban J connectivity index is 2.02. The second-order valence-corrected chi connectivity index (χ2v) is 5.62. The molecule has 0 fully saturated rings. The molecule has 2 aromatic carbocycles. The summed E-state index contributed by atoms with van der Waals surface area (Å²) in [6.45, 7) is 3.32. The quantitative estimate of drug-likeness (QED) is 0.742. The number of carbonyl (C=O) groups is 2. The fraction of sp³-hybridized carbons (Fsp3) is 0.263. The van der Waals surface area contributed by atoms with Crippen LogP contribution in [0.4, 0.5) is 24.5 Å². The van der Waals surface area contributed by atoms with Crippen molar-refractivity contribution < 1.29 is 27.5 Å². The number of carbonyl (C=O) groups excluding carboxylic acids is 2. The van der Waals surface area contributed by atoms with Gasteiger partial charge in [-0.25, -0.2) is 13.2 Å². The van der Waals surface area contributed by atoms with Crippen molar-refractivity contribution in [2.45, 2.75) is 20.3 Å². The van der Waals surface area contributed by atoms with E-state index in [9.17, 15) is 22.8 Å². The smallest absolute Gasteiger partial charge is 0.226 e. The zero-order valence-electron chi connectivity index (χ0n) is 14.9. The highest BCUT2D eigenvalue weighted by Crippen LogP contribution is 2.24. The molecule has 0 aliphatic carbocycles. The Hall–Kier alpha value is -3.03. The normalized spacial score (nSPS) is 10.4. The second-order valence-electron chi connectivity index (χ2n) is 5.62. The molecule has 0 bridgehead atoms. The molecule has 0 aliphatic heterocycles. The Labute approximate surface area is 154 Å². The molecular weight excluding hydrogens is 361 g/mol. The van der Waals surface area contributed by atoms with E-state index >= 15 is 0 Å². The third-order valence-electron chi connectivity index (χ3n) is 3.70. The lowest BCUT2D eigenvalue weighted by Gasteiger charge is -2.21. The first-order valence-electron chi connectivity index (χ1n) is 8.27. The van der Waals surface area contributed by atoms with E-state index in [1.807, 2.05) is 6.92 Å². The molecule has 0 radical (unpaired) electrons. The summed E-state index contributed by atoms with van der Waals surface area (Å²) in [5.74, 6) is -4.86. The number of rotatable bonds is 7. The van der Waals surface area contributed by atoms with Gasteiger partial charge in [0.15, 0.2) is 17.5 Å². The molecule has 0 saturated carbocycles. The molecule has 0 heterocycles. The van der Waals surface area contributed by atoms with Crippen molar-refractivity contribution in [2.75, 3.05) is 23.4 Å². The molecule has 0 spiro atoms. The molecule has 0 atom stereocenters. The maximum Gasteiger partial charge on any atom is 0.226 e. The Kier molecular flexibility index (Phi) is 6.81. The highest BCUT2D eigenvalue weighted by atomic mass is 19.2. The molecule has 144 valence electrons. The zero-order valence-corrected chi connectivity index (χ0v) is 14.9. The number of nitrogens with zero attached hydrogens (tertiary/aromatic N) is 1. The van der Waals surface area contributed by atoms with Crippen molar-refractivity contribution in [3.63, 3.8) is 0 Å². The zero-order chi connectivity index (χ0) is 20.0. The predicted octanol–water partition coefficient (Wildman–Crippen LogP) is 3.88. The highest BCUT2D eigenvalue weighted by Gasteiger charge is 2.21. The summed E-state index contributed by atoms with van der Waals surface area (Å²) in [7, 11) is 0. The summed E-state index contributed by atoms with van der Waals surface area (Å²) in [5.41, 5.74) is 0.104. The third kappa shape index (κ3) is 5.22. The van der Waals surface area contributed by atoms with Crippen molar-refractivity contribution >= 4 is 23.2 Å². The minimum absolute atomic E-state index is 0.161. The first-order valence-corrected chi connectivity index (χ1v) is 8.27. The topological polar surface area (TPSA) is 58.6 Å². The van der Waals surface area contributed by atoms with Gasteiger partial charge in [0, 0.05) is 25.6 Å². The molecular formula is C19H19F3N2O3. The molecule has 8 heteroatoms. The van der Waals surface area contributed by atoms with Gasteiger partial charge in [0.05, 0.1) is 12.3 Å². The summed E-state index contributed by atoms with van der Waals surface area (Å²) >= 11 is 0. The van der Waals surface area contributed by atoms with Crippen LogP contribution in [0.15, 0.2) is 36.4 Å². The number of hydrogen-bond donors (Lipinski definition) is 1. The van der Waals surface area contributed by atoms with Crippen molar-refractivity contribution in [3.05, 3.63) is 53.8 Å². The Morgan fingerprint density at radius 2 is 1.70 bits per heavy atom. The summed E-state index contributed by atoms with van der Waals surface area (Å²) in [4.78, 5) is 24.7. The summed E-state index contributed by atoms with van der Waals surface area (Å²) in [6, 6.07) is 8.37. The SMILES string of the molecule is CCOc1ccc(NC(=O)CCN(C(C)=O)c2ccc(F)c(F)c2F)cc1. The standard InChI is InChI=1S/C19H19F3N2O3/c1-3-27-14-6-4-13(5-7-14)23-17(26)10-11-24(12(2)25)16-9-8-15(20)18(21)19(16)22/h4-9H,3,10-11H2,1-2H3,(H,23,26). The van der Waals surface area contributed by atoms with Crippen LogP contribution in [0.5, 0.6) is 5.75 Å².